The molecule has 0 bridgehead atoms. The molecule has 5 nitrogen and oxygen atoms in total. The fourth-order valence-corrected chi connectivity index (χ4v) is 2.17. The molecular weight excluding hydrogens is 300 g/mol. The minimum atomic E-state index is -0.144. The fourth-order valence-electron chi connectivity index (χ4n) is 1.61. The van der Waals surface area contributed by atoms with Crippen molar-refractivity contribution < 1.29 is 14.3 Å². The zero-order chi connectivity index (χ0) is 13.1. The average Bonchev–Trinajstić information content (AvgIpc) is 2.76. The van der Waals surface area contributed by atoms with Gasteiger partial charge in [-0.1, -0.05) is 0 Å². The molecule has 0 saturated carbocycles. The number of nitrogens with one attached hydrogen (secondary N) is 1. The van der Waals surface area contributed by atoms with Crippen LogP contribution in [-0.2, 0) is 0 Å². The van der Waals surface area contributed by atoms with Gasteiger partial charge in [0, 0.05) is 18.2 Å². The molecule has 0 aliphatic carbocycles. The number of halogens is 1. The fraction of sp³-hybridized carbons (Fsp3) is 0.417. The number of rotatable bonds is 4. The van der Waals surface area contributed by atoms with Crippen LogP contribution in [0, 0.1) is 0 Å². The highest BCUT2D eigenvalue weighted by molar-refractivity contribution is 9.10. The number of ether oxygens (including phenoxy) is 2. The first-order valence-corrected chi connectivity index (χ1v) is 6.50. The number of carbonyl (C=O) groups excluding carboxylic acids is 1. The molecule has 1 unspecified atom stereocenters. The molecule has 0 fully saturated rings. The summed E-state index contributed by atoms with van der Waals surface area (Å²) in [6.45, 7) is 2.65. The highest BCUT2D eigenvalue weighted by atomic mass is 79.9. The van der Waals surface area contributed by atoms with Gasteiger partial charge in [-0.2, -0.15) is 0 Å². The van der Waals surface area contributed by atoms with E-state index in [1.165, 1.54) is 0 Å². The summed E-state index contributed by atoms with van der Waals surface area (Å²) in [5.41, 5.74) is 6.16. The van der Waals surface area contributed by atoms with Crippen molar-refractivity contribution in [1.82, 2.24) is 5.32 Å². The molecule has 1 aromatic rings. The monoisotopic (exact) mass is 314 g/mol. The quantitative estimate of drug-likeness (QED) is 0.886. The van der Waals surface area contributed by atoms with Gasteiger partial charge >= 0.3 is 0 Å². The van der Waals surface area contributed by atoms with Gasteiger partial charge in [-0.3, -0.25) is 4.79 Å². The van der Waals surface area contributed by atoms with Gasteiger partial charge in [0.25, 0.3) is 5.91 Å². The van der Waals surface area contributed by atoms with E-state index in [1.54, 1.807) is 12.1 Å². The van der Waals surface area contributed by atoms with E-state index in [0.29, 0.717) is 23.6 Å². The maximum absolute atomic E-state index is 11.9. The van der Waals surface area contributed by atoms with Gasteiger partial charge in [0.2, 0.25) is 6.79 Å². The summed E-state index contributed by atoms with van der Waals surface area (Å²) >= 11 is 3.35. The largest absolute Gasteiger partial charge is 0.454 e. The predicted octanol–water partition coefficient (Wildman–Crippen LogP) is 1.64. The molecule has 1 heterocycles. The van der Waals surface area contributed by atoms with Crippen LogP contribution < -0.4 is 20.5 Å². The van der Waals surface area contributed by atoms with Gasteiger partial charge in [0.1, 0.15) is 0 Å². The molecule has 0 spiro atoms. The van der Waals surface area contributed by atoms with Gasteiger partial charge in [0.15, 0.2) is 11.5 Å². The van der Waals surface area contributed by atoms with Gasteiger partial charge < -0.3 is 20.5 Å². The van der Waals surface area contributed by atoms with Crippen molar-refractivity contribution in [2.75, 3.05) is 13.3 Å². The lowest BCUT2D eigenvalue weighted by atomic mass is 10.2. The highest BCUT2D eigenvalue weighted by Gasteiger charge is 2.20. The smallest absolute Gasteiger partial charge is 0.251 e. The Balaban J connectivity index is 2.05. The number of benzene rings is 1. The molecule has 0 radical (unpaired) electrons. The van der Waals surface area contributed by atoms with E-state index in [0.717, 1.165) is 10.9 Å². The van der Waals surface area contributed by atoms with Crippen molar-refractivity contribution in [3.05, 3.63) is 22.2 Å². The van der Waals surface area contributed by atoms with Crippen molar-refractivity contribution >= 4 is 21.8 Å². The van der Waals surface area contributed by atoms with Crippen LogP contribution in [0.4, 0.5) is 0 Å². The van der Waals surface area contributed by atoms with Crippen molar-refractivity contribution in [2.24, 2.45) is 5.73 Å². The molecule has 3 N–H and O–H groups in total. The van der Waals surface area contributed by atoms with Crippen LogP contribution in [0.15, 0.2) is 16.6 Å². The summed E-state index contributed by atoms with van der Waals surface area (Å²) in [5.74, 6) is 1.08. The van der Waals surface area contributed by atoms with E-state index < -0.39 is 0 Å². The zero-order valence-electron chi connectivity index (χ0n) is 10.0. The first kappa shape index (κ1) is 13.2. The van der Waals surface area contributed by atoms with Crippen molar-refractivity contribution in [3.63, 3.8) is 0 Å². The van der Waals surface area contributed by atoms with Crippen molar-refractivity contribution in [1.29, 1.82) is 0 Å². The number of amides is 1. The molecule has 98 valence electrons. The third-order valence-corrected chi connectivity index (χ3v) is 3.16. The first-order chi connectivity index (χ1) is 8.58. The van der Waals surface area contributed by atoms with E-state index >= 15 is 0 Å². The Bertz CT molecular complexity index is 463. The molecule has 6 heteroatoms. The first-order valence-electron chi connectivity index (χ1n) is 5.71. The minimum absolute atomic E-state index is 0.0776. The second-order valence-corrected chi connectivity index (χ2v) is 5.07. The lowest BCUT2D eigenvalue weighted by Gasteiger charge is -2.08. The highest BCUT2D eigenvalue weighted by Crippen LogP contribution is 2.39. The van der Waals surface area contributed by atoms with Crippen LogP contribution in [0.5, 0.6) is 11.5 Å². The number of nitrogens with two attached hydrogens (primary N) is 1. The second-order valence-electron chi connectivity index (χ2n) is 4.21. The average molecular weight is 315 g/mol. The van der Waals surface area contributed by atoms with E-state index in [4.69, 9.17) is 15.2 Å². The Morgan fingerprint density at radius 2 is 2.33 bits per heavy atom. The number of fused-ring (bicyclic) bond motifs is 1. The standard InChI is InChI=1S/C12H15BrN2O3/c1-7(14)2-3-15-12(16)8-4-9(13)11-10(5-8)17-6-18-11/h4-5,7H,2-3,6,14H2,1H3,(H,15,16). The Morgan fingerprint density at radius 3 is 3.06 bits per heavy atom. The summed E-state index contributed by atoms with van der Waals surface area (Å²) in [6, 6.07) is 3.47. The molecule has 2 rings (SSSR count). The summed E-state index contributed by atoms with van der Waals surface area (Å²) in [5, 5.41) is 2.81. The molecule has 1 amide bonds. The summed E-state index contributed by atoms with van der Waals surface area (Å²) in [6.07, 6.45) is 0.747. The predicted molar refractivity (Wildman–Crippen MR) is 70.9 cm³/mol. The van der Waals surface area contributed by atoms with E-state index in [2.05, 4.69) is 21.2 Å². The zero-order valence-corrected chi connectivity index (χ0v) is 11.6. The Kier molecular flexibility index (Phi) is 4.08. The number of carbonyl (C=O) groups is 1. The van der Waals surface area contributed by atoms with Gasteiger partial charge in [0.05, 0.1) is 4.47 Å². The SMILES string of the molecule is CC(N)CCNC(=O)c1cc(Br)c2c(c1)OCO2. The topological polar surface area (TPSA) is 73.6 Å². The Morgan fingerprint density at radius 1 is 1.56 bits per heavy atom. The third-order valence-electron chi connectivity index (χ3n) is 2.57. The summed E-state index contributed by atoms with van der Waals surface area (Å²) in [7, 11) is 0. The van der Waals surface area contributed by atoms with Crippen LogP contribution in [-0.4, -0.2) is 25.3 Å². The van der Waals surface area contributed by atoms with Crippen molar-refractivity contribution in [2.45, 2.75) is 19.4 Å². The van der Waals surface area contributed by atoms with E-state index in [9.17, 15) is 4.79 Å². The van der Waals surface area contributed by atoms with Gasteiger partial charge in [-0.05, 0) is 41.4 Å². The second kappa shape index (κ2) is 5.58. The van der Waals surface area contributed by atoms with E-state index in [1.807, 2.05) is 6.92 Å². The molecule has 18 heavy (non-hydrogen) atoms. The van der Waals surface area contributed by atoms with Crippen molar-refractivity contribution in [3.8, 4) is 11.5 Å². The van der Waals surface area contributed by atoms with Crippen LogP contribution in [0.3, 0.4) is 0 Å². The van der Waals surface area contributed by atoms with Crippen LogP contribution in [0.1, 0.15) is 23.7 Å². The van der Waals surface area contributed by atoms with Gasteiger partial charge in [-0.15, -0.1) is 0 Å². The van der Waals surface area contributed by atoms with Crippen LogP contribution >= 0.6 is 15.9 Å². The third kappa shape index (κ3) is 2.94. The van der Waals surface area contributed by atoms with Gasteiger partial charge in [-0.25, -0.2) is 0 Å². The normalized spacial score (nSPS) is 14.4. The van der Waals surface area contributed by atoms with E-state index in [-0.39, 0.29) is 18.7 Å². The molecule has 1 aromatic carbocycles. The lowest BCUT2D eigenvalue weighted by molar-refractivity contribution is 0.0952. The lowest BCUT2D eigenvalue weighted by Crippen LogP contribution is -2.28. The number of hydrogen-bond acceptors (Lipinski definition) is 4. The summed E-state index contributed by atoms with van der Waals surface area (Å²) in [4.78, 5) is 11.9. The molecule has 0 saturated heterocycles. The van der Waals surface area contributed by atoms with Crippen LogP contribution in [0.2, 0.25) is 0 Å². The Hall–Kier alpha value is -1.27. The molecule has 0 aromatic heterocycles. The van der Waals surface area contributed by atoms with Crippen LogP contribution in [0.25, 0.3) is 0 Å². The summed E-state index contributed by atoms with van der Waals surface area (Å²) < 4.78 is 11.2. The Labute approximate surface area is 114 Å². The maximum Gasteiger partial charge on any atom is 0.251 e. The minimum Gasteiger partial charge on any atom is -0.454 e. The number of hydrogen-bond donors (Lipinski definition) is 2. The molecule has 1 aliphatic heterocycles. The molecule has 1 atom stereocenters. The molecule has 1 aliphatic rings. The molecular formula is C12H15BrN2O3. The maximum atomic E-state index is 11.9.